The third-order valence-electron chi connectivity index (χ3n) is 10.3. The minimum atomic E-state index is -0.534. The maximum atomic E-state index is 12.9. The maximum Gasteiger partial charge on any atom is 0.162 e. The van der Waals surface area contributed by atoms with E-state index in [0.29, 0.717) is 19.3 Å². The summed E-state index contributed by atoms with van der Waals surface area (Å²) in [6.07, 6.45) is 30.3. The van der Waals surface area contributed by atoms with Crippen LogP contribution in [0.4, 0.5) is 0 Å². The monoisotopic (exact) mass is 600 g/mol. The predicted molar refractivity (Wildman–Crippen MR) is 184 cm³/mol. The molecule has 5 atom stereocenters. The number of ether oxygens (including phenoxy) is 1. The van der Waals surface area contributed by atoms with Crippen LogP contribution >= 0.6 is 0 Å². The molecule has 1 heterocycles. The van der Waals surface area contributed by atoms with Crippen LogP contribution < -0.4 is 0 Å². The van der Waals surface area contributed by atoms with Crippen molar-refractivity contribution in [1.29, 1.82) is 0 Å². The first-order valence-electron chi connectivity index (χ1n) is 16.1. The average molecular weight is 601 g/mol. The van der Waals surface area contributed by atoms with Gasteiger partial charge in [0, 0.05) is 17.3 Å². The highest BCUT2D eigenvalue weighted by Gasteiger charge is 2.74. The van der Waals surface area contributed by atoms with Gasteiger partial charge >= 0.3 is 0 Å². The molecule has 0 radical (unpaired) electrons. The molecule has 240 valence electrons. The summed E-state index contributed by atoms with van der Waals surface area (Å²) >= 11 is 0. The highest BCUT2D eigenvalue weighted by molar-refractivity contribution is 5.95. The molecule has 4 nitrogen and oxygen atoms in total. The van der Waals surface area contributed by atoms with Gasteiger partial charge in [-0.3, -0.25) is 4.79 Å². The van der Waals surface area contributed by atoms with Crippen LogP contribution in [0, 0.1) is 16.2 Å². The van der Waals surface area contributed by atoms with Crippen LogP contribution in [0.3, 0.4) is 0 Å². The van der Waals surface area contributed by atoms with E-state index in [1.165, 1.54) is 0 Å². The Morgan fingerprint density at radius 2 is 1.05 bits per heavy atom. The predicted octanol–water partition coefficient (Wildman–Crippen LogP) is 9.02. The molecule has 0 unspecified atom stereocenters. The molecule has 0 aromatic rings. The second-order valence-electron chi connectivity index (χ2n) is 15.1. The molecule has 2 N–H and O–H groups in total. The number of ketones is 1. The number of aliphatic hydroxyl groups excluding tert-OH is 2. The van der Waals surface area contributed by atoms with E-state index in [9.17, 15) is 15.0 Å². The van der Waals surface area contributed by atoms with Gasteiger partial charge in [-0.25, -0.2) is 0 Å². The smallest absolute Gasteiger partial charge is 0.162 e. The van der Waals surface area contributed by atoms with Crippen LogP contribution in [0.5, 0.6) is 0 Å². The number of epoxide rings is 1. The Balaban J connectivity index is 1.48. The Morgan fingerprint density at radius 1 is 0.591 bits per heavy atom. The van der Waals surface area contributed by atoms with E-state index in [2.05, 4.69) is 97.9 Å². The zero-order valence-electron chi connectivity index (χ0n) is 28.8. The van der Waals surface area contributed by atoms with Crippen molar-refractivity contribution in [3.8, 4) is 0 Å². The molecule has 0 spiro atoms. The highest BCUT2D eigenvalue weighted by atomic mass is 16.6. The lowest BCUT2D eigenvalue weighted by molar-refractivity contribution is -0.127. The van der Waals surface area contributed by atoms with E-state index >= 15 is 0 Å². The van der Waals surface area contributed by atoms with Crippen molar-refractivity contribution in [3.05, 3.63) is 107 Å². The van der Waals surface area contributed by atoms with Gasteiger partial charge in [-0.05, 0) is 71.4 Å². The van der Waals surface area contributed by atoms with E-state index < -0.39 is 11.5 Å². The van der Waals surface area contributed by atoms with Crippen molar-refractivity contribution < 1.29 is 19.7 Å². The van der Waals surface area contributed by atoms with Crippen molar-refractivity contribution in [1.82, 2.24) is 0 Å². The fourth-order valence-corrected chi connectivity index (χ4v) is 7.12. The zero-order valence-corrected chi connectivity index (χ0v) is 28.8. The normalized spacial score (nSPS) is 34.7. The fraction of sp³-hybridized carbons (Fsp3) is 0.525. The molecular formula is C40H56O4. The number of rotatable bonds is 11. The molecule has 2 saturated carbocycles. The van der Waals surface area contributed by atoms with Crippen molar-refractivity contribution in [3.63, 3.8) is 0 Å². The van der Waals surface area contributed by atoms with Gasteiger partial charge in [0.2, 0.25) is 0 Å². The van der Waals surface area contributed by atoms with E-state index in [0.717, 1.165) is 28.7 Å². The molecule has 4 heteroatoms. The number of allylic oxidation sites excluding steroid dienone is 17. The lowest BCUT2D eigenvalue weighted by Gasteiger charge is -2.39. The topological polar surface area (TPSA) is 70.1 Å². The molecule has 0 aromatic carbocycles. The largest absolute Gasteiger partial charge is 0.393 e. The minimum Gasteiger partial charge on any atom is -0.393 e. The van der Waals surface area contributed by atoms with Crippen LogP contribution in [-0.4, -0.2) is 39.4 Å². The maximum absolute atomic E-state index is 12.9. The Hall–Kier alpha value is -2.79. The second kappa shape index (κ2) is 13.7. The summed E-state index contributed by atoms with van der Waals surface area (Å²) in [6.45, 7) is 20.8. The molecular weight excluding hydrogens is 544 g/mol. The second-order valence-corrected chi connectivity index (χ2v) is 15.1. The molecule has 1 aliphatic heterocycles. The first kappa shape index (κ1) is 35.7. The molecule has 2 aliphatic carbocycles. The van der Waals surface area contributed by atoms with E-state index in [4.69, 9.17) is 4.74 Å². The number of fused-ring (bicyclic) bond motifs is 1. The first-order valence-corrected chi connectivity index (χ1v) is 16.1. The summed E-state index contributed by atoms with van der Waals surface area (Å²) in [5, 5.41) is 20.4. The van der Waals surface area contributed by atoms with Crippen molar-refractivity contribution in [2.45, 2.75) is 118 Å². The third kappa shape index (κ3) is 8.07. The molecule has 3 rings (SSSR count). The zero-order chi connectivity index (χ0) is 33.0. The molecule has 3 fully saturated rings. The Labute approximate surface area is 267 Å². The summed E-state index contributed by atoms with van der Waals surface area (Å²) in [6, 6.07) is 0. The lowest BCUT2D eigenvalue weighted by atomic mass is 9.63. The molecule has 3 aliphatic rings. The minimum absolute atomic E-state index is 0.0831. The number of aliphatic hydroxyl groups is 2. The Bertz CT molecular complexity index is 1360. The third-order valence-corrected chi connectivity index (χ3v) is 10.3. The van der Waals surface area contributed by atoms with Crippen molar-refractivity contribution in [2.24, 2.45) is 16.2 Å². The molecule has 0 aromatic heterocycles. The molecule has 1 saturated heterocycles. The quantitative estimate of drug-likeness (QED) is 0.141. The molecule has 0 amide bonds. The fourth-order valence-electron chi connectivity index (χ4n) is 7.12. The lowest BCUT2D eigenvalue weighted by Crippen LogP contribution is -2.46. The SMILES string of the molecule is CC(/C=C/C=C(C)/C=C/C(=O)[C@]1(C)C[C@@H](O)CC1(C)C)=C\C=C\C=C(C)\C=C\C=C(C)\C=C\[C@]12O[C@@]1(C)C[C@@H](O)CC2(C)C. The van der Waals surface area contributed by atoms with Crippen LogP contribution in [0.25, 0.3) is 0 Å². The number of carbonyl (C=O) groups is 1. The van der Waals surface area contributed by atoms with Crippen molar-refractivity contribution in [2.75, 3.05) is 0 Å². The van der Waals surface area contributed by atoms with Crippen LogP contribution in [0.2, 0.25) is 0 Å². The number of carbonyl (C=O) groups excluding carboxylic acids is 1. The van der Waals surface area contributed by atoms with Gasteiger partial charge < -0.3 is 14.9 Å². The summed E-state index contributed by atoms with van der Waals surface area (Å²) in [7, 11) is 0. The van der Waals surface area contributed by atoms with Crippen LogP contribution in [-0.2, 0) is 9.53 Å². The summed E-state index contributed by atoms with van der Waals surface area (Å²) in [4.78, 5) is 12.9. The van der Waals surface area contributed by atoms with E-state index in [1.54, 1.807) is 6.08 Å². The van der Waals surface area contributed by atoms with Gasteiger partial charge in [-0.1, -0.05) is 130 Å². The standard InChI is InChI=1S/C40H56O4/c1-29(17-13-19-31(3)21-22-35(43)38(9)27-33(41)25-36(38,5)6)15-11-12-16-30(2)18-14-20-32(4)23-24-40-37(7,8)26-34(42)28-39(40,10)44-40/h11-24,33-34,41-42H,25-28H2,1-10H3/b12-11+,17-13+,18-14+,22-21+,24-23+,29-15+,30-16+,31-19+,32-20+/t33-,34-,38-,39-,40+/m0/s1. The van der Waals surface area contributed by atoms with Gasteiger partial charge in [0.1, 0.15) is 11.2 Å². The van der Waals surface area contributed by atoms with Gasteiger partial charge in [-0.15, -0.1) is 0 Å². The highest BCUT2D eigenvalue weighted by Crippen LogP contribution is 2.66. The summed E-state index contributed by atoms with van der Waals surface area (Å²) < 4.78 is 6.24. The number of hydrogen-bond acceptors (Lipinski definition) is 4. The summed E-state index contributed by atoms with van der Waals surface area (Å²) in [5.41, 5.74) is 2.99. The van der Waals surface area contributed by atoms with Gasteiger partial charge in [-0.2, -0.15) is 0 Å². The van der Waals surface area contributed by atoms with E-state index in [-0.39, 0.29) is 33.9 Å². The van der Waals surface area contributed by atoms with Gasteiger partial charge in [0.15, 0.2) is 5.78 Å². The van der Waals surface area contributed by atoms with Gasteiger partial charge in [0.05, 0.1) is 12.2 Å². The number of hydrogen-bond donors (Lipinski definition) is 2. The van der Waals surface area contributed by atoms with Crippen molar-refractivity contribution >= 4 is 5.78 Å². The average Bonchev–Trinajstić information content (AvgIpc) is 3.46. The molecule has 0 bridgehead atoms. The first-order chi connectivity index (χ1) is 20.4. The Morgan fingerprint density at radius 3 is 1.55 bits per heavy atom. The van der Waals surface area contributed by atoms with Crippen LogP contribution in [0.1, 0.15) is 94.9 Å². The van der Waals surface area contributed by atoms with E-state index in [1.807, 2.05) is 50.3 Å². The van der Waals surface area contributed by atoms with Gasteiger partial charge in [0.25, 0.3) is 0 Å². The molecule has 44 heavy (non-hydrogen) atoms. The van der Waals surface area contributed by atoms with Crippen LogP contribution in [0.15, 0.2) is 107 Å². The summed E-state index contributed by atoms with van der Waals surface area (Å²) in [5.74, 6) is 0.0831. The Kier molecular flexibility index (Phi) is 11.1.